The second-order valence-electron chi connectivity index (χ2n) is 9.69. The van der Waals surface area contributed by atoms with Gasteiger partial charge in [-0.05, 0) is 70.1 Å². The summed E-state index contributed by atoms with van der Waals surface area (Å²) in [7, 11) is 11.7. The van der Waals surface area contributed by atoms with Crippen LogP contribution in [0.2, 0.25) is 0 Å². The van der Waals surface area contributed by atoms with Gasteiger partial charge in [-0.2, -0.15) is 0 Å². The van der Waals surface area contributed by atoms with Crippen molar-refractivity contribution in [2.24, 2.45) is 17.8 Å². The van der Waals surface area contributed by atoms with Crippen molar-refractivity contribution in [3.63, 3.8) is 0 Å². The molecule has 2 rings (SSSR count). The van der Waals surface area contributed by atoms with Crippen LogP contribution in [0.1, 0.15) is 65.7 Å². The Labute approximate surface area is 215 Å². The zero-order chi connectivity index (χ0) is 24.4. The van der Waals surface area contributed by atoms with Crippen LogP contribution in [0, 0.1) is 17.8 Å². The van der Waals surface area contributed by atoms with Crippen LogP contribution >= 0.6 is 50.5 Å². The maximum atomic E-state index is 6.71. The lowest BCUT2D eigenvalue weighted by Gasteiger charge is -2.38. The molecule has 4 nitrogen and oxygen atoms in total. The van der Waals surface area contributed by atoms with Crippen molar-refractivity contribution in [2.45, 2.75) is 96.2 Å². The van der Waals surface area contributed by atoms with Crippen LogP contribution in [0.4, 0.5) is 0 Å². The maximum absolute atomic E-state index is 6.71. The number of methoxy groups -OCH3 is 1. The molecule has 0 bridgehead atoms. The molecule has 2 heterocycles. The first kappa shape index (κ1) is 31.4. The predicted molar refractivity (Wildman–Crippen MR) is 161 cm³/mol. The first-order valence-electron chi connectivity index (χ1n) is 12.4. The van der Waals surface area contributed by atoms with Crippen molar-refractivity contribution < 1.29 is 18.7 Å². The van der Waals surface area contributed by atoms with Crippen molar-refractivity contribution in [3.8, 4) is 0 Å². The van der Waals surface area contributed by atoms with Gasteiger partial charge in [-0.15, -0.1) is 26.1 Å². The van der Waals surface area contributed by atoms with E-state index in [1.165, 1.54) is 18.2 Å². The van der Waals surface area contributed by atoms with E-state index in [1.807, 2.05) is 7.11 Å². The molecule has 0 N–H and O–H groups in total. The Balaban J connectivity index is 1.95. The molecular weight excluding hydrogens is 526 g/mol. The lowest BCUT2D eigenvalue weighted by Crippen LogP contribution is -2.38. The Hall–Kier alpha value is 2.16. The average molecular weight is 574 g/mol. The molecule has 194 valence electrons. The fraction of sp³-hybridized carbons (Fsp3) is 0.913. The molecule has 14 atom stereocenters. The minimum atomic E-state index is -0.346. The van der Waals surface area contributed by atoms with Gasteiger partial charge in [0, 0.05) is 19.4 Å². The first-order valence-corrected chi connectivity index (χ1v) is 22.0. The molecule has 2 aliphatic rings. The van der Waals surface area contributed by atoms with Gasteiger partial charge in [-0.3, -0.25) is 0 Å². The van der Waals surface area contributed by atoms with Crippen molar-refractivity contribution in [1.29, 1.82) is 0 Å². The molecule has 0 saturated carbocycles. The third kappa shape index (κ3) is 10.1. The smallest absolute Gasteiger partial charge is 0.0885 e. The highest BCUT2D eigenvalue weighted by molar-refractivity contribution is 8.59. The predicted octanol–water partition coefficient (Wildman–Crippen LogP) is 7.79. The molecule has 10 heteroatoms. The van der Waals surface area contributed by atoms with E-state index in [1.54, 1.807) is 0 Å². The van der Waals surface area contributed by atoms with Gasteiger partial charge in [-0.25, -0.2) is 0 Å². The second kappa shape index (κ2) is 16.9. The first-order chi connectivity index (χ1) is 15.8. The van der Waals surface area contributed by atoms with E-state index >= 15 is 0 Å². The van der Waals surface area contributed by atoms with Gasteiger partial charge in [-0.1, -0.05) is 36.3 Å². The third-order valence-corrected chi connectivity index (χ3v) is 17.3. The molecule has 0 spiro atoms. The van der Waals surface area contributed by atoms with E-state index < -0.39 is 0 Å². The molecule has 0 radical (unpaired) electrons. The Bertz CT molecular complexity index is 571. The highest BCUT2D eigenvalue weighted by atomic mass is 32.6. The minimum absolute atomic E-state index is 0.0816. The Kier molecular flexibility index (Phi) is 16.1. The van der Waals surface area contributed by atoms with Crippen LogP contribution in [0.15, 0.2) is 12.2 Å². The quantitative estimate of drug-likeness (QED) is 0.114. The standard InChI is InChI=1S/C23H48O4P6/c1-6-19-21(27-22(23(19)24-5)12-15(2)9-11-31-28)14-20-17(4)16(3)13-18(26-20)8-7-10-25-33(30)32-29/h15-16,18-23,31-32H,4,6-14,28-30H2,1-3,5H3/t15-,16-,18+,19+,20?,21+,22-,23-,33?/m1/s1. The Morgan fingerprint density at radius 2 is 2.03 bits per heavy atom. The van der Waals surface area contributed by atoms with Gasteiger partial charge in [0.1, 0.15) is 0 Å². The fourth-order valence-corrected chi connectivity index (χ4v) is 8.37. The van der Waals surface area contributed by atoms with Gasteiger partial charge in [0.25, 0.3) is 0 Å². The summed E-state index contributed by atoms with van der Waals surface area (Å²) >= 11 is 0. The Morgan fingerprint density at radius 3 is 2.67 bits per heavy atom. The molecule has 7 unspecified atom stereocenters. The summed E-state index contributed by atoms with van der Waals surface area (Å²) in [6.45, 7) is 12.2. The minimum Gasteiger partial charge on any atom is -0.378 e. The van der Waals surface area contributed by atoms with Crippen LogP contribution < -0.4 is 0 Å². The van der Waals surface area contributed by atoms with Crippen molar-refractivity contribution in [3.05, 3.63) is 12.2 Å². The summed E-state index contributed by atoms with van der Waals surface area (Å²) in [6.07, 6.45) is 9.71. The monoisotopic (exact) mass is 574 g/mol. The molecule has 0 aromatic heterocycles. The fourth-order valence-electron chi connectivity index (χ4n) is 5.33. The van der Waals surface area contributed by atoms with Gasteiger partial charge in [0.2, 0.25) is 0 Å². The van der Waals surface area contributed by atoms with Gasteiger partial charge in [0.05, 0.1) is 44.7 Å². The summed E-state index contributed by atoms with van der Waals surface area (Å²) in [5, 5.41) is 0. The summed E-state index contributed by atoms with van der Waals surface area (Å²) in [4.78, 5) is 0. The van der Waals surface area contributed by atoms with E-state index in [4.69, 9.17) is 18.7 Å². The topological polar surface area (TPSA) is 36.9 Å². The lowest BCUT2D eigenvalue weighted by atomic mass is 9.82. The van der Waals surface area contributed by atoms with Crippen LogP contribution in [0.25, 0.3) is 0 Å². The van der Waals surface area contributed by atoms with Crippen LogP contribution in [0.5, 0.6) is 0 Å². The summed E-state index contributed by atoms with van der Waals surface area (Å²) in [5.41, 5.74) is 1.24. The highest BCUT2D eigenvalue weighted by Gasteiger charge is 2.45. The SMILES string of the molecule is C=C1C(C[C@@H]2O[C@H](C[C@H](C)CCPP)[C@H](OC)[C@H]2CC)O[C@@H](CCCOP(P)PP)C[C@H]1C. The van der Waals surface area contributed by atoms with Gasteiger partial charge in [0.15, 0.2) is 0 Å². The highest BCUT2D eigenvalue weighted by Crippen LogP contribution is 2.66. The number of hydrogen-bond acceptors (Lipinski definition) is 4. The largest absolute Gasteiger partial charge is 0.378 e. The Morgan fingerprint density at radius 1 is 1.27 bits per heavy atom. The van der Waals surface area contributed by atoms with Crippen LogP contribution in [0.3, 0.4) is 0 Å². The van der Waals surface area contributed by atoms with Crippen molar-refractivity contribution in [2.75, 3.05) is 19.9 Å². The van der Waals surface area contributed by atoms with Crippen LogP contribution in [-0.4, -0.2) is 50.4 Å². The molecule has 2 fully saturated rings. The molecule has 0 aromatic carbocycles. The third-order valence-electron chi connectivity index (χ3n) is 7.27. The molecule has 2 aliphatic heterocycles. The van der Waals surface area contributed by atoms with Crippen molar-refractivity contribution >= 4 is 50.5 Å². The van der Waals surface area contributed by atoms with Crippen LogP contribution in [-0.2, 0) is 18.7 Å². The zero-order valence-electron chi connectivity index (χ0n) is 21.0. The summed E-state index contributed by atoms with van der Waals surface area (Å²) < 4.78 is 25.2. The van der Waals surface area contributed by atoms with E-state index in [2.05, 4.69) is 54.1 Å². The van der Waals surface area contributed by atoms with Crippen molar-refractivity contribution in [1.82, 2.24) is 0 Å². The van der Waals surface area contributed by atoms with E-state index in [0.717, 1.165) is 61.4 Å². The van der Waals surface area contributed by atoms with E-state index in [9.17, 15) is 0 Å². The normalized spacial score (nSPS) is 35.2. The summed E-state index contributed by atoms with van der Waals surface area (Å²) in [6, 6.07) is 0. The molecular formula is C23H48O4P6. The molecule has 2 saturated heterocycles. The zero-order valence-corrected chi connectivity index (χ0v) is 27.4. The van der Waals surface area contributed by atoms with Gasteiger partial charge < -0.3 is 18.7 Å². The average Bonchev–Trinajstić information content (AvgIpc) is 3.13. The molecule has 0 aromatic rings. The van der Waals surface area contributed by atoms with Gasteiger partial charge >= 0.3 is 0 Å². The summed E-state index contributed by atoms with van der Waals surface area (Å²) in [5.74, 6) is 1.58. The lowest BCUT2D eigenvalue weighted by molar-refractivity contribution is -0.0727. The van der Waals surface area contributed by atoms with E-state index in [0.29, 0.717) is 17.8 Å². The number of ether oxygens (including phenoxy) is 3. The molecule has 0 aliphatic carbocycles. The number of hydrogen-bond donors (Lipinski definition) is 0. The van der Waals surface area contributed by atoms with E-state index in [-0.39, 0.29) is 38.0 Å². The molecule has 0 amide bonds. The molecule has 33 heavy (non-hydrogen) atoms. The maximum Gasteiger partial charge on any atom is 0.0885 e. The second-order valence-corrected chi connectivity index (χ2v) is 20.4. The number of rotatable bonds is 15.